The molecule has 1 N–H and O–H groups in total. The summed E-state index contributed by atoms with van der Waals surface area (Å²) < 4.78 is 4.83. The third-order valence-corrected chi connectivity index (χ3v) is 3.16. The molecule has 0 aliphatic carbocycles. The number of unbranched alkanes of at least 4 members (excludes halogenated alkanes) is 1. The zero-order valence-corrected chi connectivity index (χ0v) is 11.8. The van der Waals surface area contributed by atoms with Gasteiger partial charge in [-0.05, 0) is 31.4 Å². The normalized spacial score (nSPS) is 10.3. The van der Waals surface area contributed by atoms with Gasteiger partial charge in [-0.3, -0.25) is 0 Å². The first-order valence-corrected chi connectivity index (χ1v) is 6.62. The quantitative estimate of drug-likeness (QED) is 0.811. The number of ether oxygens (including phenoxy) is 1. The molecule has 0 aliphatic heterocycles. The van der Waals surface area contributed by atoms with Gasteiger partial charge in [-0.25, -0.2) is 9.59 Å². The highest BCUT2D eigenvalue weighted by molar-refractivity contribution is 6.35. The lowest BCUT2D eigenvalue weighted by atomic mass is 10.0. The maximum absolute atomic E-state index is 11.7. The largest absolute Gasteiger partial charge is 0.478 e. The van der Waals surface area contributed by atoms with Crippen LogP contribution in [0.4, 0.5) is 0 Å². The fourth-order valence-corrected chi connectivity index (χ4v) is 2.11. The summed E-state index contributed by atoms with van der Waals surface area (Å²) in [5, 5.41) is 9.35. The summed E-state index contributed by atoms with van der Waals surface area (Å²) in [5.74, 6) is -1.88. The first-order valence-electron chi connectivity index (χ1n) is 6.24. The lowest BCUT2D eigenvalue weighted by Gasteiger charge is -2.11. The van der Waals surface area contributed by atoms with Gasteiger partial charge in [0.15, 0.2) is 0 Å². The molecule has 4 nitrogen and oxygen atoms in total. The Morgan fingerprint density at radius 1 is 1.32 bits per heavy atom. The minimum Gasteiger partial charge on any atom is -0.478 e. The zero-order valence-electron chi connectivity index (χ0n) is 11.0. The molecular weight excluding hydrogens is 268 g/mol. The van der Waals surface area contributed by atoms with E-state index in [9.17, 15) is 14.7 Å². The van der Waals surface area contributed by atoms with Crippen LogP contribution in [0.3, 0.4) is 0 Å². The number of esters is 1. The Balaban J connectivity index is 3.23. The van der Waals surface area contributed by atoms with E-state index >= 15 is 0 Å². The molecule has 1 aromatic carbocycles. The predicted molar refractivity (Wildman–Crippen MR) is 73.0 cm³/mol. The molecule has 0 atom stereocenters. The highest BCUT2D eigenvalue weighted by atomic mass is 35.5. The highest BCUT2D eigenvalue weighted by Crippen LogP contribution is 2.27. The van der Waals surface area contributed by atoms with Crippen LogP contribution in [0.15, 0.2) is 12.1 Å². The molecule has 0 saturated carbocycles. The molecule has 5 heteroatoms. The van der Waals surface area contributed by atoms with Crippen molar-refractivity contribution in [2.45, 2.75) is 33.1 Å². The van der Waals surface area contributed by atoms with E-state index in [0.29, 0.717) is 6.42 Å². The first-order chi connectivity index (χ1) is 9.02. The Morgan fingerprint density at radius 2 is 2.00 bits per heavy atom. The first kappa shape index (κ1) is 15.5. The average Bonchev–Trinajstić information content (AvgIpc) is 2.36. The maximum Gasteiger partial charge on any atom is 0.339 e. The minimum absolute atomic E-state index is 0.000372. The van der Waals surface area contributed by atoms with Gasteiger partial charge in [-0.1, -0.05) is 31.0 Å². The third kappa shape index (κ3) is 3.70. The standard InChI is InChI=1S/C14H17ClO4/c1-3-5-6-9-7-8-10(14(18)19-4-2)11(12(9)15)13(16)17/h7-8H,3-6H2,1-2H3,(H,16,17). The van der Waals surface area contributed by atoms with Gasteiger partial charge >= 0.3 is 11.9 Å². The molecule has 104 valence electrons. The van der Waals surface area contributed by atoms with Gasteiger partial charge in [0.25, 0.3) is 0 Å². The van der Waals surface area contributed by atoms with E-state index < -0.39 is 11.9 Å². The molecule has 0 radical (unpaired) electrons. The molecule has 1 rings (SSSR count). The van der Waals surface area contributed by atoms with Crippen LogP contribution >= 0.6 is 11.6 Å². The van der Waals surface area contributed by atoms with Crippen LogP contribution in [0.2, 0.25) is 5.02 Å². The van der Waals surface area contributed by atoms with E-state index in [1.807, 2.05) is 6.92 Å². The molecule has 0 spiro atoms. The second-order valence-corrected chi connectivity index (χ2v) is 4.47. The molecule has 0 unspecified atom stereocenters. The Morgan fingerprint density at radius 3 is 2.53 bits per heavy atom. The van der Waals surface area contributed by atoms with E-state index in [1.54, 1.807) is 13.0 Å². The van der Waals surface area contributed by atoms with Crippen LogP contribution in [0.1, 0.15) is 53.0 Å². The van der Waals surface area contributed by atoms with Crippen LogP contribution in [0.5, 0.6) is 0 Å². The number of halogens is 1. The van der Waals surface area contributed by atoms with E-state index in [4.69, 9.17) is 16.3 Å². The van der Waals surface area contributed by atoms with Crippen molar-refractivity contribution >= 4 is 23.5 Å². The number of benzene rings is 1. The molecule has 19 heavy (non-hydrogen) atoms. The number of hydrogen-bond acceptors (Lipinski definition) is 3. The lowest BCUT2D eigenvalue weighted by molar-refractivity contribution is 0.0514. The summed E-state index contributed by atoms with van der Waals surface area (Å²) in [7, 11) is 0. The Bertz CT molecular complexity index is 483. The van der Waals surface area contributed by atoms with Gasteiger partial charge in [0.05, 0.1) is 22.8 Å². The second kappa shape index (κ2) is 7.14. The molecule has 0 fully saturated rings. The Labute approximate surface area is 117 Å². The molecule has 0 amide bonds. The van der Waals surface area contributed by atoms with Crippen molar-refractivity contribution < 1.29 is 19.4 Å². The SMILES string of the molecule is CCCCc1ccc(C(=O)OCC)c(C(=O)O)c1Cl. The molecule has 0 aromatic heterocycles. The average molecular weight is 285 g/mol. The van der Waals surface area contributed by atoms with Crippen LogP contribution in [0, 0.1) is 0 Å². The van der Waals surface area contributed by atoms with Gasteiger partial charge < -0.3 is 9.84 Å². The maximum atomic E-state index is 11.7. The summed E-state index contributed by atoms with van der Waals surface area (Å²) in [6, 6.07) is 3.16. The molecular formula is C14H17ClO4. The highest BCUT2D eigenvalue weighted by Gasteiger charge is 2.22. The fourth-order valence-electron chi connectivity index (χ4n) is 1.77. The van der Waals surface area contributed by atoms with Gasteiger partial charge in [0.2, 0.25) is 0 Å². The van der Waals surface area contributed by atoms with Crippen LogP contribution in [-0.2, 0) is 11.2 Å². The summed E-state index contributed by atoms with van der Waals surface area (Å²) in [6.45, 7) is 3.89. The van der Waals surface area contributed by atoms with Gasteiger partial charge in [-0.2, -0.15) is 0 Å². The van der Waals surface area contributed by atoms with Crippen molar-refractivity contribution in [2.24, 2.45) is 0 Å². The van der Waals surface area contributed by atoms with E-state index in [1.165, 1.54) is 6.07 Å². The van der Waals surface area contributed by atoms with Crippen molar-refractivity contribution in [3.05, 3.63) is 33.8 Å². The Kier molecular flexibility index (Phi) is 5.83. The number of carbonyl (C=O) groups excluding carboxylic acids is 1. The van der Waals surface area contributed by atoms with Gasteiger partial charge in [0, 0.05) is 0 Å². The summed E-state index contributed by atoms with van der Waals surface area (Å²) in [4.78, 5) is 23.0. The topological polar surface area (TPSA) is 63.6 Å². The number of carboxylic acid groups (broad SMARTS) is 1. The third-order valence-electron chi connectivity index (χ3n) is 2.73. The number of carbonyl (C=O) groups is 2. The van der Waals surface area contributed by atoms with Crippen molar-refractivity contribution in [3.8, 4) is 0 Å². The molecule has 0 heterocycles. The number of carboxylic acids is 1. The molecule has 0 aliphatic rings. The summed E-state index contributed by atoms with van der Waals surface area (Å²) >= 11 is 6.10. The lowest BCUT2D eigenvalue weighted by Crippen LogP contribution is -2.13. The van der Waals surface area contributed by atoms with Gasteiger partial charge in [0.1, 0.15) is 0 Å². The minimum atomic E-state index is -1.22. The number of rotatable bonds is 6. The van der Waals surface area contributed by atoms with Crippen LogP contribution in [-0.4, -0.2) is 23.7 Å². The van der Waals surface area contributed by atoms with Crippen LogP contribution in [0.25, 0.3) is 0 Å². The fraction of sp³-hybridized carbons (Fsp3) is 0.429. The van der Waals surface area contributed by atoms with Crippen molar-refractivity contribution in [2.75, 3.05) is 6.61 Å². The van der Waals surface area contributed by atoms with E-state index in [0.717, 1.165) is 18.4 Å². The van der Waals surface area contributed by atoms with Crippen LogP contribution < -0.4 is 0 Å². The monoisotopic (exact) mass is 284 g/mol. The summed E-state index contributed by atoms with van der Waals surface area (Å²) in [6.07, 6.45) is 2.59. The van der Waals surface area contributed by atoms with Crippen molar-refractivity contribution in [1.82, 2.24) is 0 Å². The van der Waals surface area contributed by atoms with Gasteiger partial charge in [-0.15, -0.1) is 0 Å². The zero-order chi connectivity index (χ0) is 14.4. The predicted octanol–water partition coefficient (Wildman–Crippen LogP) is 3.56. The molecule has 0 saturated heterocycles. The van der Waals surface area contributed by atoms with E-state index in [-0.39, 0.29) is 22.8 Å². The number of aryl methyl sites for hydroxylation is 1. The molecule has 0 bridgehead atoms. The number of aromatic carboxylic acids is 1. The smallest absolute Gasteiger partial charge is 0.339 e. The second-order valence-electron chi connectivity index (χ2n) is 4.09. The number of hydrogen-bond donors (Lipinski definition) is 1. The van der Waals surface area contributed by atoms with E-state index in [2.05, 4.69) is 0 Å². The molecule has 1 aromatic rings. The Hall–Kier alpha value is -1.55. The summed E-state index contributed by atoms with van der Waals surface area (Å²) in [5.41, 5.74) is 0.572. The van der Waals surface area contributed by atoms with Crippen molar-refractivity contribution in [1.29, 1.82) is 0 Å². The van der Waals surface area contributed by atoms with Crippen molar-refractivity contribution in [3.63, 3.8) is 0 Å².